The highest BCUT2D eigenvalue weighted by molar-refractivity contribution is 5.56. The summed E-state index contributed by atoms with van der Waals surface area (Å²) < 4.78 is 2.15. The van der Waals surface area contributed by atoms with Gasteiger partial charge in [0, 0.05) is 37.2 Å². The van der Waals surface area contributed by atoms with Gasteiger partial charge in [-0.3, -0.25) is 9.88 Å². The molecular formula is C21H24N4. The van der Waals surface area contributed by atoms with Crippen molar-refractivity contribution >= 4 is 0 Å². The van der Waals surface area contributed by atoms with Gasteiger partial charge in [-0.1, -0.05) is 30.7 Å². The minimum Gasteiger partial charge on any atom is -0.332 e. The van der Waals surface area contributed by atoms with Gasteiger partial charge in [0.15, 0.2) is 0 Å². The third kappa shape index (κ3) is 4.15. The maximum atomic E-state index is 4.53. The van der Waals surface area contributed by atoms with Crippen LogP contribution in [0.2, 0.25) is 0 Å². The Hall–Kier alpha value is -2.46. The van der Waals surface area contributed by atoms with Crippen molar-refractivity contribution in [2.75, 3.05) is 13.1 Å². The van der Waals surface area contributed by atoms with E-state index in [1.165, 1.54) is 43.5 Å². The first-order chi connectivity index (χ1) is 12.4. The summed E-state index contributed by atoms with van der Waals surface area (Å²) in [5.74, 6) is 0. The smallest absolute Gasteiger partial charge is 0.0956 e. The average Bonchev–Trinajstić information content (AvgIpc) is 3.12. The van der Waals surface area contributed by atoms with Gasteiger partial charge in [0.2, 0.25) is 0 Å². The molecule has 4 heteroatoms. The first kappa shape index (κ1) is 16.0. The van der Waals surface area contributed by atoms with Crippen molar-refractivity contribution in [1.29, 1.82) is 0 Å². The molecule has 0 unspecified atom stereocenters. The van der Waals surface area contributed by atoms with Gasteiger partial charge in [0.05, 0.1) is 12.0 Å². The van der Waals surface area contributed by atoms with E-state index in [2.05, 4.69) is 49.9 Å². The second kappa shape index (κ2) is 7.62. The summed E-state index contributed by atoms with van der Waals surface area (Å²) in [6.45, 7) is 4.40. The van der Waals surface area contributed by atoms with Gasteiger partial charge in [-0.2, -0.15) is 0 Å². The van der Waals surface area contributed by atoms with Gasteiger partial charge >= 0.3 is 0 Å². The number of benzene rings is 1. The summed E-state index contributed by atoms with van der Waals surface area (Å²) in [5, 5.41) is 0. The Labute approximate surface area is 149 Å². The number of hydrogen-bond acceptors (Lipinski definition) is 3. The van der Waals surface area contributed by atoms with Gasteiger partial charge in [-0.15, -0.1) is 0 Å². The molecule has 3 heterocycles. The number of pyridine rings is 1. The third-order valence-corrected chi connectivity index (χ3v) is 4.82. The summed E-state index contributed by atoms with van der Waals surface area (Å²) >= 11 is 0. The lowest BCUT2D eigenvalue weighted by Crippen LogP contribution is -2.29. The Morgan fingerprint density at radius 2 is 1.64 bits per heavy atom. The standard InChI is InChI=1S/C21H24N4/c1-2-11-24(12-3-1)14-18-5-4-6-19(13-18)15-25-16-21(23-17-25)20-7-9-22-10-8-20/h4-10,13,16-17H,1-3,11-12,14-15H2. The van der Waals surface area contributed by atoms with Crippen molar-refractivity contribution in [3.63, 3.8) is 0 Å². The molecule has 0 radical (unpaired) electrons. The van der Waals surface area contributed by atoms with E-state index < -0.39 is 0 Å². The number of rotatable bonds is 5. The summed E-state index contributed by atoms with van der Waals surface area (Å²) in [4.78, 5) is 11.2. The Morgan fingerprint density at radius 1 is 0.880 bits per heavy atom. The molecule has 1 fully saturated rings. The molecule has 0 amide bonds. The van der Waals surface area contributed by atoms with E-state index in [9.17, 15) is 0 Å². The third-order valence-electron chi connectivity index (χ3n) is 4.82. The number of imidazole rings is 1. The van der Waals surface area contributed by atoms with Crippen molar-refractivity contribution < 1.29 is 0 Å². The minimum atomic E-state index is 0.853. The van der Waals surface area contributed by atoms with Crippen molar-refractivity contribution in [3.8, 4) is 11.3 Å². The van der Waals surface area contributed by atoms with Crippen LogP contribution in [0.15, 0.2) is 61.3 Å². The van der Waals surface area contributed by atoms with Crippen molar-refractivity contribution in [2.45, 2.75) is 32.4 Å². The zero-order valence-corrected chi connectivity index (χ0v) is 14.5. The van der Waals surface area contributed by atoms with Crippen LogP contribution in [0, 0.1) is 0 Å². The van der Waals surface area contributed by atoms with Crippen molar-refractivity contribution in [2.24, 2.45) is 0 Å². The summed E-state index contributed by atoms with van der Waals surface area (Å²) in [6, 6.07) is 12.9. The normalized spacial score (nSPS) is 15.4. The van der Waals surface area contributed by atoms with Crippen LogP contribution in [0.25, 0.3) is 11.3 Å². The van der Waals surface area contributed by atoms with Crippen LogP contribution in [0.4, 0.5) is 0 Å². The summed E-state index contributed by atoms with van der Waals surface area (Å²) in [5.41, 5.74) is 4.83. The fourth-order valence-corrected chi connectivity index (χ4v) is 3.53. The first-order valence-electron chi connectivity index (χ1n) is 9.09. The fourth-order valence-electron chi connectivity index (χ4n) is 3.53. The first-order valence-corrected chi connectivity index (χ1v) is 9.09. The predicted molar refractivity (Wildman–Crippen MR) is 100 cm³/mol. The lowest BCUT2D eigenvalue weighted by atomic mass is 10.1. The fraction of sp³-hybridized carbons (Fsp3) is 0.333. The maximum Gasteiger partial charge on any atom is 0.0956 e. The predicted octanol–water partition coefficient (Wildman–Crippen LogP) is 3.98. The quantitative estimate of drug-likeness (QED) is 0.709. The van der Waals surface area contributed by atoms with Crippen LogP contribution in [-0.4, -0.2) is 32.5 Å². The molecule has 1 aromatic carbocycles. The van der Waals surface area contributed by atoms with Crippen molar-refractivity contribution in [1.82, 2.24) is 19.4 Å². The molecule has 3 aromatic rings. The molecule has 0 bridgehead atoms. The topological polar surface area (TPSA) is 34.0 Å². The molecule has 0 aliphatic carbocycles. The monoisotopic (exact) mass is 332 g/mol. The minimum absolute atomic E-state index is 0.853. The molecule has 1 saturated heterocycles. The largest absolute Gasteiger partial charge is 0.332 e. The van der Waals surface area contributed by atoms with Crippen LogP contribution >= 0.6 is 0 Å². The van der Waals surface area contributed by atoms with Crippen LogP contribution in [0.3, 0.4) is 0 Å². The van der Waals surface area contributed by atoms with E-state index >= 15 is 0 Å². The van der Waals surface area contributed by atoms with Gasteiger partial charge < -0.3 is 4.57 Å². The molecule has 0 spiro atoms. The molecule has 4 rings (SSSR count). The molecule has 0 atom stereocenters. The van der Waals surface area contributed by atoms with E-state index in [-0.39, 0.29) is 0 Å². The highest BCUT2D eigenvalue weighted by Crippen LogP contribution is 2.17. The Morgan fingerprint density at radius 3 is 2.44 bits per heavy atom. The Bertz CT molecular complexity index is 804. The van der Waals surface area contributed by atoms with Crippen LogP contribution in [0.5, 0.6) is 0 Å². The second-order valence-corrected chi connectivity index (χ2v) is 6.82. The molecule has 4 nitrogen and oxygen atoms in total. The SMILES string of the molecule is c1cc(CN2CCCCC2)cc(Cn2cnc(-c3ccncc3)c2)c1. The Kier molecular flexibility index (Phi) is 4.89. The molecule has 1 aliphatic heterocycles. The molecule has 2 aromatic heterocycles. The van der Waals surface area contributed by atoms with Gasteiger partial charge in [0.25, 0.3) is 0 Å². The zero-order valence-electron chi connectivity index (χ0n) is 14.5. The zero-order chi connectivity index (χ0) is 16.9. The highest BCUT2D eigenvalue weighted by atomic mass is 15.1. The number of nitrogens with zero attached hydrogens (tertiary/aromatic N) is 4. The lowest BCUT2D eigenvalue weighted by Gasteiger charge is -2.26. The number of likely N-dealkylation sites (tertiary alicyclic amines) is 1. The molecule has 128 valence electrons. The van der Waals surface area contributed by atoms with E-state index in [1.54, 1.807) is 12.4 Å². The molecule has 0 saturated carbocycles. The lowest BCUT2D eigenvalue weighted by molar-refractivity contribution is 0.221. The summed E-state index contributed by atoms with van der Waals surface area (Å²) in [7, 11) is 0. The maximum absolute atomic E-state index is 4.53. The van der Waals surface area contributed by atoms with Gasteiger partial charge in [0.1, 0.15) is 0 Å². The second-order valence-electron chi connectivity index (χ2n) is 6.82. The molecule has 0 N–H and O–H groups in total. The van der Waals surface area contributed by atoms with E-state index in [0.717, 1.165) is 24.3 Å². The average molecular weight is 332 g/mol. The number of hydrogen-bond donors (Lipinski definition) is 0. The molecule has 25 heavy (non-hydrogen) atoms. The Balaban J connectivity index is 1.44. The van der Waals surface area contributed by atoms with Crippen LogP contribution in [-0.2, 0) is 13.1 Å². The molecule has 1 aliphatic rings. The van der Waals surface area contributed by atoms with Gasteiger partial charge in [-0.25, -0.2) is 4.98 Å². The number of aromatic nitrogens is 3. The van der Waals surface area contributed by atoms with E-state index in [0.29, 0.717) is 0 Å². The van der Waals surface area contributed by atoms with Crippen LogP contribution < -0.4 is 0 Å². The highest BCUT2D eigenvalue weighted by Gasteiger charge is 2.10. The van der Waals surface area contributed by atoms with Crippen molar-refractivity contribution in [3.05, 3.63) is 72.4 Å². The molecular weight excluding hydrogens is 308 g/mol. The summed E-state index contributed by atoms with van der Waals surface area (Å²) in [6.07, 6.45) is 11.7. The number of piperidine rings is 1. The van der Waals surface area contributed by atoms with E-state index in [1.807, 2.05) is 18.5 Å². The van der Waals surface area contributed by atoms with Crippen LogP contribution in [0.1, 0.15) is 30.4 Å². The van der Waals surface area contributed by atoms with Gasteiger partial charge in [-0.05, 0) is 49.2 Å². The van der Waals surface area contributed by atoms with E-state index in [4.69, 9.17) is 0 Å².